The zero-order valence-electron chi connectivity index (χ0n) is 32.2. The van der Waals surface area contributed by atoms with E-state index in [1.54, 1.807) is 0 Å². The van der Waals surface area contributed by atoms with E-state index in [9.17, 15) is 0 Å². The number of aromatic nitrogens is 3. The average Bonchev–Trinajstić information content (AvgIpc) is 3.89. The van der Waals surface area contributed by atoms with Crippen LogP contribution >= 0.6 is 22.7 Å². The number of pyridine rings is 1. The van der Waals surface area contributed by atoms with Gasteiger partial charge in [-0.05, 0) is 82.4 Å². The molecule has 0 aliphatic carbocycles. The largest absolute Gasteiger partial charge is 0.256 e. The van der Waals surface area contributed by atoms with E-state index in [0.29, 0.717) is 5.82 Å². The minimum atomic E-state index is 0.701. The normalized spacial score (nSPS) is 11.7. The highest BCUT2D eigenvalue weighted by molar-refractivity contribution is 7.26. The molecule has 280 valence electrons. The predicted molar refractivity (Wildman–Crippen MR) is 256 cm³/mol. The summed E-state index contributed by atoms with van der Waals surface area (Å²) in [6.45, 7) is 0. The van der Waals surface area contributed by atoms with Crippen LogP contribution in [-0.4, -0.2) is 15.0 Å². The van der Waals surface area contributed by atoms with Crippen molar-refractivity contribution in [3.05, 3.63) is 200 Å². The molecule has 12 rings (SSSR count). The fraction of sp³-hybridized carbons (Fsp3) is 0. The summed E-state index contributed by atoms with van der Waals surface area (Å²) in [6, 6.07) is 69.6. The molecule has 0 amide bonds. The van der Waals surface area contributed by atoms with Gasteiger partial charge in [-0.3, -0.25) is 4.98 Å². The van der Waals surface area contributed by atoms with E-state index in [2.05, 4.69) is 175 Å². The minimum absolute atomic E-state index is 0.701. The summed E-state index contributed by atoms with van der Waals surface area (Å²) in [5, 5.41) is 6.37. The van der Waals surface area contributed by atoms with E-state index in [-0.39, 0.29) is 0 Å². The maximum absolute atomic E-state index is 5.11. The van der Waals surface area contributed by atoms with Crippen LogP contribution in [0.5, 0.6) is 0 Å². The van der Waals surface area contributed by atoms with Gasteiger partial charge in [0.25, 0.3) is 0 Å². The summed E-state index contributed by atoms with van der Waals surface area (Å²) in [5.74, 6) is 0.701. The van der Waals surface area contributed by atoms with E-state index in [0.717, 1.165) is 50.1 Å². The lowest BCUT2D eigenvalue weighted by Gasteiger charge is -2.11. The van der Waals surface area contributed by atoms with Gasteiger partial charge in [0, 0.05) is 74.2 Å². The topological polar surface area (TPSA) is 38.7 Å². The quantitative estimate of drug-likeness (QED) is 0.168. The molecule has 0 saturated carbocycles. The Kier molecular flexibility index (Phi) is 8.22. The average molecular weight is 800 g/mol. The van der Waals surface area contributed by atoms with Gasteiger partial charge in [-0.2, -0.15) is 0 Å². The molecule has 4 heterocycles. The fourth-order valence-corrected chi connectivity index (χ4v) is 10.6. The molecule has 0 unspecified atom stereocenters. The lowest BCUT2D eigenvalue weighted by molar-refractivity contribution is 1.18. The second kappa shape index (κ2) is 14.2. The summed E-state index contributed by atoms with van der Waals surface area (Å²) in [4.78, 5) is 14.9. The molecule has 60 heavy (non-hydrogen) atoms. The van der Waals surface area contributed by atoms with Gasteiger partial charge in [-0.1, -0.05) is 140 Å². The Morgan fingerprint density at radius 1 is 0.317 bits per heavy atom. The van der Waals surface area contributed by atoms with Crippen LogP contribution in [0.25, 0.3) is 119 Å². The van der Waals surface area contributed by atoms with Crippen LogP contribution in [0.2, 0.25) is 0 Å². The number of nitrogens with zero attached hydrogens (tertiary/aromatic N) is 3. The van der Waals surface area contributed by atoms with Gasteiger partial charge in [0.2, 0.25) is 0 Å². The first-order valence-electron chi connectivity index (χ1n) is 20.1. The SMILES string of the molecule is c1ccc(-c2nc(-c3ccc(-c4ccc5sc6ccc(-c7ccc8sc9ccccc9c8c7)cc6c5c4)cc3)cc(-c3ccc(-c4cccc5cccnc45)cc3)n2)cc1. The zero-order valence-corrected chi connectivity index (χ0v) is 33.8. The Balaban J connectivity index is 0.887. The third kappa shape index (κ3) is 6.06. The first-order valence-corrected chi connectivity index (χ1v) is 21.7. The second-order valence-corrected chi connectivity index (χ2v) is 17.4. The number of fused-ring (bicyclic) bond motifs is 7. The molecule has 5 heteroatoms. The molecule has 0 aliphatic heterocycles. The molecule has 0 spiro atoms. The first-order chi connectivity index (χ1) is 29.7. The van der Waals surface area contributed by atoms with Crippen molar-refractivity contribution in [2.24, 2.45) is 0 Å². The van der Waals surface area contributed by atoms with Crippen molar-refractivity contribution in [3.8, 4) is 67.3 Å². The van der Waals surface area contributed by atoms with E-state index >= 15 is 0 Å². The van der Waals surface area contributed by atoms with E-state index in [4.69, 9.17) is 9.97 Å². The summed E-state index contributed by atoms with van der Waals surface area (Å²) in [5.41, 5.74) is 12.9. The minimum Gasteiger partial charge on any atom is -0.256 e. The summed E-state index contributed by atoms with van der Waals surface area (Å²) >= 11 is 3.72. The van der Waals surface area contributed by atoms with Gasteiger partial charge in [-0.15, -0.1) is 22.7 Å². The van der Waals surface area contributed by atoms with E-state index in [1.165, 1.54) is 62.6 Å². The molecule has 3 nitrogen and oxygen atoms in total. The van der Waals surface area contributed by atoms with Crippen molar-refractivity contribution in [2.75, 3.05) is 0 Å². The molecule has 0 bridgehead atoms. The van der Waals surface area contributed by atoms with E-state index < -0.39 is 0 Å². The standard InChI is InChI=1S/C55H33N3S2/c1-2-8-39(9-3-1)55-57-48(33-49(58-55)37-21-17-35(18-22-37)43-13-6-10-38-11-7-29-56-54(38)43)36-19-15-34(16-20-36)40-23-26-52-46(30-40)47-32-42(25-28-53(47)60-52)41-24-27-51-45(31-41)44-12-4-5-14-50(44)59-51/h1-33H. The predicted octanol–water partition coefficient (Wildman–Crippen LogP) is 15.8. The van der Waals surface area contributed by atoms with Crippen LogP contribution in [0.4, 0.5) is 0 Å². The number of benzene rings is 8. The molecule has 0 atom stereocenters. The molecule has 0 aliphatic rings. The molecule has 0 saturated heterocycles. The van der Waals surface area contributed by atoms with Crippen LogP contribution in [0.3, 0.4) is 0 Å². The van der Waals surface area contributed by atoms with Gasteiger partial charge in [-0.25, -0.2) is 9.97 Å². The van der Waals surface area contributed by atoms with Gasteiger partial charge < -0.3 is 0 Å². The van der Waals surface area contributed by atoms with Crippen LogP contribution in [0, 0.1) is 0 Å². The highest BCUT2D eigenvalue weighted by Crippen LogP contribution is 2.41. The van der Waals surface area contributed by atoms with Crippen molar-refractivity contribution < 1.29 is 0 Å². The number of hydrogen-bond donors (Lipinski definition) is 0. The Morgan fingerprint density at radius 2 is 0.817 bits per heavy atom. The van der Waals surface area contributed by atoms with Crippen LogP contribution < -0.4 is 0 Å². The number of thiophene rings is 2. The lowest BCUT2D eigenvalue weighted by Crippen LogP contribution is -1.96. The van der Waals surface area contributed by atoms with Gasteiger partial charge in [0.1, 0.15) is 0 Å². The number of para-hydroxylation sites is 1. The maximum atomic E-state index is 5.11. The molecule has 12 aromatic rings. The molecular weight excluding hydrogens is 767 g/mol. The first kappa shape index (κ1) is 34.7. The lowest BCUT2D eigenvalue weighted by atomic mass is 9.98. The molecule has 0 fully saturated rings. The maximum Gasteiger partial charge on any atom is 0.160 e. The van der Waals surface area contributed by atoms with Gasteiger partial charge >= 0.3 is 0 Å². The molecule has 0 N–H and O–H groups in total. The summed E-state index contributed by atoms with van der Waals surface area (Å²) in [7, 11) is 0. The van der Waals surface area contributed by atoms with Crippen LogP contribution in [0.15, 0.2) is 200 Å². The Labute approximate surface area is 354 Å². The second-order valence-electron chi connectivity index (χ2n) is 15.2. The summed E-state index contributed by atoms with van der Waals surface area (Å²) < 4.78 is 5.26. The van der Waals surface area contributed by atoms with Crippen molar-refractivity contribution in [2.45, 2.75) is 0 Å². The van der Waals surface area contributed by atoms with Crippen LogP contribution in [0.1, 0.15) is 0 Å². The Hall–Kier alpha value is -7.31. The van der Waals surface area contributed by atoms with Gasteiger partial charge in [0.05, 0.1) is 16.9 Å². The highest BCUT2D eigenvalue weighted by atomic mass is 32.1. The monoisotopic (exact) mass is 799 g/mol. The summed E-state index contributed by atoms with van der Waals surface area (Å²) in [6.07, 6.45) is 1.86. The third-order valence-corrected chi connectivity index (χ3v) is 13.9. The Morgan fingerprint density at radius 3 is 1.47 bits per heavy atom. The van der Waals surface area contributed by atoms with Crippen molar-refractivity contribution in [1.29, 1.82) is 0 Å². The highest BCUT2D eigenvalue weighted by Gasteiger charge is 2.14. The van der Waals surface area contributed by atoms with Gasteiger partial charge in [0.15, 0.2) is 5.82 Å². The molecular formula is C55H33N3S2. The van der Waals surface area contributed by atoms with Crippen molar-refractivity contribution >= 4 is 73.9 Å². The number of hydrogen-bond acceptors (Lipinski definition) is 5. The molecule has 8 aromatic carbocycles. The van der Waals surface area contributed by atoms with Crippen LogP contribution in [-0.2, 0) is 0 Å². The van der Waals surface area contributed by atoms with E-state index in [1.807, 2.05) is 53.1 Å². The smallest absolute Gasteiger partial charge is 0.160 e. The third-order valence-electron chi connectivity index (χ3n) is 11.6. The van der Waals surface area contributed by atoms with Crippen molar-refractivity contribution in [3.63, 3.8) is 0 Å². The molecule has 4 aromatic heterocycles. The Bertz CT molecular complexity index is 3580. The molecule has 0 radical (unpaired) electrons. The number of rotatable bonds is 6. The van der Waals surface area contributed by atoms with Crippen molar-refractivity contribution in [1.82, 2.24) is 15.0 Å². The fourth-order valence-electron chi connectivity index (χ4n) is 8.49. The zero-order chi connectivity index (χ0) is 39.6.